The molecule has 1 aromatic heterocycles. The summed E-state index contributed by atoms with van der Waals surface area (Å²) in [5.41, 5.74) is 4.59. The molecule has 16 nitrogen and oxygen atoms in total. The zero-order valence-electron chi connectivity index (χ0n) is 37.1. The Hall–Kier alpha value is -6.78. The number of halogens is 2. The van der Waals surface area contributed by atoms with Crippen molar-refractivity contribution in [3.05, 3.63) is 142 Å². The normalized spacial score (nSPS) is 14.4. The van der Waals surface area contributed by atoms with Gasteiger partial charge in [-0.1, -0.05) is 60.1 Å². The zero-order valence-corrected chi connectivity index (χ0v) is 37.9. The average molecular weight is 949 g/mol. The average Bonchev–Trinajstić information content (AvgIpc) is 3.60. The molecule has 2 aliphatic rings. The first kappa shape index (κ1) is 49.1. The Morgan fingerprint density at radius 2 is 1.46 bits per heavy atom. The molecule has 0 spiro atoms. The van der Waals surface area contributed by atoms with Crippen molar-refractivity contribution in [3.8, 4) is 28.7 Å². The molecule has 18 heteroatoms. The number of hydrogen-bond acceptors (Lipinski definition) is 14. The quantitative estimate of drug-likeness (QED) is 0.0416. The highest BCUT2D eigenvalue weighted by Crippen LogP contribution is 2.35. The maximum absolute atomic E-state index is 14.6. The van der Waals surface area contributed by atoms with Gasteiger partial charge >= 0.3 is 0 Å². The molecular formula is C50H50ClFN6O10. The van der Waals surface area contributed by atoms with Crippen molar-refractivity contribution in [3.63, 3.8) is 0 Å². The lowest BCUT2D eigenvalue weighted by atomic mass is 10.0. The lowest BCUT2D eigenvalue weighted by Crippen LogP contribution is -2.54. The number of amides is 4. The molecule has 1 unspecified atom stereocenters. The number of carbonyl (C=O) groups excluding carboxylic acids is 4. The topological polar surface area (TPSA) is 200 Å². The Balaban J connectivity index is 0.757. The van der Waals surface area contributed by atoms with Crippen molar-refractivity contribution in [1.82, 2.24) is 20.5 Å². The van der Waals surface area contributed by atoms with Gasteiger partial charge in [-0.25, -0.2) is 4.39 Å². The zero-order chi connectivity index (χ0) is 47.7. The number of pyridine rings is 1. The number of hydrogen-bond donors (Lipinski definition) is 3. The van der Waals surface area contributed by atoms with Crippen LogP contribution >= 0.6 is 11.6 Å². The number of aromatic nitrogens is 1. The molecule has 4 aromatic carbocycles. The van der Waals surface area contributed by atoms with Gasteiger partial charge in [0.2, 0.25) is 11.8 Å². The van der Waals surface area contributed by atoms with Gasteiger partial charge in [-0.05, 0) is 36.8 Å². The molecule has 68 heavy (non-hydrogen) atoms. The van der Waals surface area contributed by atoms with Crippen molar-refractivity contribution in [2.24, 2.45) is 0 Å². The van der Waals surface area contributed by atoms with E-state index in [9.17, 15) is 28.8 Å². The van der Waals surface area contributed by atoms with Crippen LogP contribution in [0.3, 0.4) is 0 Å². The van der Waals surface area contributed by atoms with Crippen molar-refractivity contribution >= 4 is 40.9 Å². The molecular weight excluding hydrogens is 899 g/mol. The van der Waals surface area contributed by atoms with Crippen LogP contribution in [0.25, 0.3) is 11.1 Å². The Bertz CT molecular complexity index is 2630. The fourth-order valence-corrected chi connectivity index (χ4v) is 7.77. The second-order valence-corrected chi connectivity index (χ2v) is 15.9. The number of imide groups is 2. The summed E-state index contributed by atoms with van der Waals surface area (Å²) in [6.45, 7) is 4.76. The fraction of sp³-hybridized carbons (Fsp3) is 0.320. The molecule has 7 rings (SSSR count). The molecule has 4 amide bonds. The molecule has 354 valence electrons. The van der Waals surface area contributed by atoms with Gasteiger partial charge in [-0.3, -0.25) is 34.4 Å². The van der Waals surface area contributed by atoms with Gasteiger partial charge in [0.05, 0.1) is 74.6 Å². The number of anilines is 1. The molecule has 5 aromatic rings. The molecule has 1 fully saturated rings. The Labute approximate surface area is 397 Å². The van der Waals surface area contributed by atoms with Crippen molar-refractivity contribution in [1.29, 1.82) is 5.26 Å². The summed E-state index contributed by atoms with van der Waals surface area (Å²) in [4.78, 5) is 55.3. The van der Waals surface area contributed by atoms with Crippen molar-refractivity contribution < 1.29 is 52.0 Å². The Kier molecular flexibility index (Phi) is 17.9. The first-order valence-corrected chi connectivity index (χ1v) is 22.4. The number of piperidine rings is 1. The molecule has 2 aliphatic heterocycles. The van der Waals surface area contributed by atoms with E-state index in [1.54, 1.807) is 60.8 Å². The van der Waals surface area contributed by atoms with E-state index in [-0.39, 0.29) is 43.0 Å². The number of carbonyl (C=O) groups is 4. The number of fused-ring (bicyclic) bond motifs is 1. The number of benzene rings is 4. The standard InChI is InChI=1S/C50H50ClFN6O10/c51-47-36(5-3-7-39(47)38-6-1-2-9-41(38)52)32-67-37-12-11-35(44(26-37)68-31-34-25-33(27-53)28-55-29-34)30-54-15-17-63-19-21-65-23-24-66-22-20-64-18-16-56-42-10-4-8-40-46(42)50(62)58(49(40)61)43-13-14-45(59)57-48(43)60/h1-12,25-26,28-29,43,54,56H,13-24,30-32H2,(H,57,59,60). The summed E-state index contributed by atoms with van der Waals surface area (Å²) in [7, 11) is 0. The van der Waals surface area contributed by atoms with Gasteiger partial charge in [0.1, 0.15) is 42.6 Å². The highest BCUT2D eigenvalue weighted by Gasteiger charge is 2.45. The van der Waals surface area contributed by atoms with Crippen LogP contribution in [-0.4, -0.2) is 105 Å². The molecule has 1 atom stereocenters. The minimum Gasteiger partial charge on any atom is -0.489 e. The van der Waals surface area contributed by atoms with Gasteiger partial charge in [0.25, 0.3) is 11.8 Å². The minimum atomic E-state index is -1.03. The van der Waals surface area contributed by atoms with Crippen LogP contribution in [0.2, 0.25) is 5.02 Å². The lowest BCUT2D eigenvalue weighted by Gasteiger charge is -2.27. The molecule has 0 radical (unpaired) electrons. The Morgan fingerprint density at radius 3 is 2.21 bits per heavy atom. The van der Waals surface area contributed by atoms with E-state index in [1.165, 1.54) is 12.3 Å². The fourth-order valence-electron chi connectivity index (χ4n) is 7.48. The first-order valence-electron chi connectivity index (χ1n) is 22.1. The summed E-state index contributed by atoms with van der Waals surface area (Å²) in [6.07, 6.45) is 3.28. The highest BCUT2D eigenvalue weighted by molar-refractivity contribution is 6.34. The Morgan fingerprint density at radius 1 is 0.750 bits per heavy atom. The highest BCUT2D eigenvalue weighted by atomic mass is 35.5. The van der Waals surface area contributed by atoms with E-state index in [0.717, 1.165) is 16.0 Å². The van der Waals surface area contributed by atoms with E-state index >= 15 is 0 Å². The van der Waals surface area contributed by atoms with Crippen LogP contribution in [0.15, 0.2) is 97.3 Å². The summed E-state index contributed by atoms with van der Waals surface area (Å²) in [6, 6.07) is 25.1. The third-order valence-corrected chi connectivity index (χ3v) is 11.3. The molecule has 0 saturated carbocycles. The van der Waals surface area contributed by atoms with Gasteiger partial charge in [-0.15, -0.1) is 0 Å². The number of rotatable bonds is 26. The predicted octanol–water partition coefficient (Wildman–Crippen LogP) is 6.24. The SMILES string of the molecule is N#Cc1cncc(COc2cc(OCc3cccc(-c4ccccc4F)c3Cl)ccc2CNCCOCCOCCOCCOCCNc2cccc3c2C(=O)N(C2CCC(=O)NC2=O)C3=O)c1. The van der Waals surface area contributed by atoms with E-state index in [2.05, 4.69) is 27.0 Å². The second kappa shape index (κ2) is 24.8. The minimum absolute atomic E-state index is 0.0517. The summed E-state index contributed by atoms with van der Waals surface area (Å²) in [5, 5.41) is 18.4. The lowest BCUT2D eigenvalue weighted by molar-refractivity contribution is -0.136. The third-order valence-electron chi connectivity index (χ3n) is 10.9. The second-order valence-electron chi connectivity index (χ2n) is 15.5. The smallest absolute Gasteiger partial charge is 0.264 e. The first-order chi connectivity index (χ1) is 33.2. The van der Waals surface area contributed by atoms with Gasteiger partial charge in [-0.2, -0.15) is 5.26 Å². The largest absolute Gasteiger partial charge is 0.489 e. The maximum atomic E-state index is 14.6. The molecule has 3 N–H and O–H groups in total. The third kappa shape index (κ3) is 13.0. The van der Waals surface area contributed by atoms with Crippen molar-refractivity contribution in [2.45, 2.75) is 38.6 Å². The van der Waals surface area contributed by atoms with Gasteiger partial charge in [0, 0.05) is 78.0 Å². The summed E-state index contributed by atoms with van der Waals surface area (Å²) < 4.78 is 49.5. The van der Waals surface area contributed by atoms with E-state index in [4.69, 9.17) is 40.0 Å². The van der Waals surface area contributed by atoms with Crippen molar-refractivity contribution in [2.75, 3.05) is 71.3 Å². The van der Waals surface area contributed by atoms with Crippen LogP contribution in [0.1, 0.15) is 55.8 Å². The van der Waals surface area contributed by atoms with E-state index in [0.29, 0.717) is 117 Å². The monoisotopic (exact) mass is 948 g/mol. The van der Waals surface area contributed by atoms with Crippen LogP contribution in [-0.2, 0) is 48.3 Å². The van der Waals surface area contributed by atoms with Gasteiger partial charge in [0.15, 0.2) is 0 Å². The summed E-state index contributed by atoms with van der Waals surface area (Å²) >= 11 is 6.73. The van der Waals surface area contributed by atoms with Crippen LogP contribution in [0.5, 0.6) is 11.5 Å². The van der Waals surface area contributed by atoms with E-state index < -0.39 is 29.7 Å². The summed E-state index contributed by atoms with van der Waals surface area (Å²) in [5.74, 6) is -1.46. The molecule has 0 aliphatic carbocycles. The number of ether oxygens (including phenoxy) is 6. The predicted molar refractivity (Wildman–Crippen MR) is 247 cm³/mol. The number of nitriles is 1. The maximum Gasteiger partial charge on any atom is 0.264 e. The van der Waals surface area contributed by atoms with Crippen LogP contribution < -0.4 is 25.4 Å². The molecule has 3 heterocycles. The van der Waals surface area contributed by atoms with E-state index in [1.807, 2.05) is 24.3 Å². The molecule has 1 saturated heterocycles. The van der Waals surface area contributed by atoms with Crippen LogP contribution in [0.4, 0.5) is 10.1 Å². The molecule has 0 bridgehead atoms. The van der Waals surface area contributed by atoms with Gasteiger partial charge < -0.3 is 39.1 Å². The van der Waals surface area contributed by atoms with Crippen LogP contribution in [0, 0.1) is 17.1 Å². The number of nitrogens with zero attached hydrogens (tertiary/aromatic N) is 3. The number of nitrogens with one attached hydrogen (secondary N) is 3.